The van der Waals surface area contributed by atoms with E-state index in [0.717, 1.165) is 15.9 Å². The summed E-state index contributed by atoms with van der Waals surface area (Å²) in [5.74, 6) is -0.449. The van der Waals surface area contributed by atoms with Crippen molar-refractivity contribution >= 4 is 60.5 Å². The Morgan fingerprint density at radius 2 is 2.03 bits per heavy atom. The second-order valence-corrected chi connectivity index (χ2v) is 11.2. The smallest absolute Gasteiger partial charge is 0.264 e. The van der Waals surface area contributed by atoms with E-state index in [4.69, 9.17) is 4.55 Å². The first-order chi connectivity index (χ1) is 18.6. The predicted molar refractivity (Wildman–Crippen MR) is 150 cm³/mol. The molecule has 0 fully saturated rings. The molecule has 202 valence electrons. The number of aromatic nitrogens is 3. The van der Waals surface area contributed by atoms with Gasteiger partial charge < -0.3 is 10.2 Å². The summed E-state index contributed by atoms with van der Waals surface area (Å²) < 4.78 is 33.7. The van der Waals surface area contributed by atoms with Crippen molar-refractivity contribution in [2.24, 2.45) is 10.2 Å². The standard InChI is InChI=1S/C25H26N8O4S2/c1-4-32(12-7-13-39(35,36)37)18-10-11-20(22(14-18)27-17(3)34)29-30-24-19(15-26)16(2)31-33(24)25-28-21-8-5-6-9-23(21)38-25/h5-6,8-11,14H,4,7,12-13H2,1-3H3,(H,27,34)(H,35,36,37)/b30-29+. The fourth-order valence-corrected chi connectivity index (χ4v) is 5.34. The zero-order chi connectivity index (χ0) is 28.2. The van der Waals surface area contributed by atoms with Crippen molar-refractivity contribution in [1.82, 2.24) is 14.8 Å². The number of rotatable bonds is 10. The highest BCUT2D eigenvalue weighted by Crippen LogP contribution is 2.35. The minimum Gasteiger partial charge on any atom is -0.372 e. The van der Waals surface area contributed by atoms with Crippen molar-refractivity contribution < 1.29 is 17.8 Å². The summed E-state index contributed by atoms with van der Waals surface area (Å²) in [6.07, 6.45) is 0.232. The molecule has 0 unspecified atom stereocenters. The van der Waals surface area contributed by atoms with Crippen LogP contribution in [0.5, 0.6) is 0 Å². The number of nitriles is 1. The van der Waals surface area contributed by atoms with Crippen molar-refractivity contribution in [3.05, 3.63) is 53.7 Å². The molecule has 1 amide bonds. The van der Waals surface area contributed by atoms with Gasteiger partial charge in [-0.2, -0.15) is 23.5 Å². The predicted octanol–water partition coefficient (Wildman–Crippen LogP) is 5.14. The molecule has 0 radical (unpaired) electrons. The molecule has 39 heavy (non-hydrogen) atoms. The first-order valence-electron chi connectivity index (χ1n) is 12.0. The highest BCUT2D eigenvalue weighted by atomic mass is 32.2. The molecule has 2 aromatic carbocycles. The summed E-state index contributed by atoms with van der Waals surface area (Å²) in [4.78, 5) is 18.5. The number of anilines is 2. The van der Waals surface area contributed by atoms with Crippen molar-refractivity contribution in [3.63, 3.8) is 0 Å². The fraction of sp³-hybridized carbons (Fsp3) is 0.280. The van der Waals surface area contributed by atoms with Crippen LogP contribution in [-0.2, 0) is 14.9 Å². The van der Waals surface area contributed by atoms with Crippen molar-refractivity contribution in [3.8, 4) is 11.2 Å². The summed E-state index contributed by atoms with van der Waals surface area (Å²) in [7, 11) is -4.06. The van der Waals surface area contributed by atoms with Crippen LogP contribution in [0, 0.1) is 18.3 Å². The van der Waals surface area contributed by atoms with Crippen LogP contribution in [-0.4, -0.2) is 52.5 Å². The molecule has 2 N–H and O–H groups in total. The Hall–Kier alpha value is -4.19. The quantitative estimate of drug-likeness (QED) is 0.197. The van der Waals surface area contributed by atoms with E-state index < -0.39 is 10.1 Å². The van der Waals surface area contributed by atoms with Gasteiger partial charge in [-0.25, -0.2) is 4.98 Å². The lowest BCUT2D eigenvalue weighted by molar-refractivity contribution is -0.114. The number of aryl methyl sites for hydroxylation is 1. The summed E-state index contributed by atoms with van der Waals surface area (Å²) in [5.41, 5.74) is 2.99. The van der Waals surface area contributed by atoms with E-state index in [1.165, 1.54) is 22.9 Å². The molecule has 0 atom stereocenters. The van der Waals surface area contributed by atoms with Gasteiger partial charge in [-0.15, -0.1) is 10.2 Å². The third-order valence-electron chi connectivity index (χ3n) is 5.73. The summed E-state index contributed by atoms with van der Waals surface area (Å²) in [5, 5.41) is 26.3. The van der Waals surface area contributed by atoms with Crippen molar-refractivity contribution in [2.45, 2.75) is 27.2 Å². The lowest BCUT2D eigenvalue weighted by Crippen LogP contribution is -2.25. The number of nitrogens with zero attached hydrogens (tertiary/aromatic N) is 7. The van der Waals surface area contributed by atoms with Crippen LogP contribution in [0.25, 0.3) is 15.3 Å². The molecule has 2 aromatic heterocycles. The zero-order valence-corrected chi connectivity index (χ0v) is 23.1. The van der Waals surface area contributed by atoms with E-state index in [1.54, 1.807) is 25.1 Å². The Bertz CT molecular complexity index is 1670. The second-order valence-electron chi connectivity index (χ2n) is 8.57. The molecule has 0 bridgehead atoms. The number of amides is 1. The lowest BCUT2D eigenvalue weighted by atomic mass is 10.2. The number of nitrogens with one attached hydrogen (secondary N) is 1. The monoisotopic (exact) mass is 566 g/mol. The number of para-hydroxylation sites is 1. The largest absolute Gasteiger partial charge is 0.372 e. The van der Waals surface area contributed by atoms with E-state index in [9.17, 15) is 18.5 Å². The molecule has 2 heterocycles. The summed E-state index contributed by atoms with van der Waals surface area (Å²) in [6, 6.07) is 14.9. The van der Waals surface area contributed by atoms with E-state index >= 15 is 0 Å². The Balaban J connectivity index is 1.70. The van der Waals surface area contributed by atoms with E-state index in [2.05, 4.69) is 31.7 Å². The Morgan fingerprint density at radius 1 is 1.26 bits per heavy atom. The molecular weight excluding hydrogens is 540 g/mol. The highest BCUT2D eigenvalue weighted by Gasteiger charge is 2.19. The van der Waals surface area contributed by atoms with E-state index in [-0.39, 0.29) is 29.5 Å². The number of hydrogen-bond donors (Lipinski definition) is 2. The van der Waals surface area contributed by atoms with Crippen LogP contribution in [0.15, 0.2) is 52.7 Å². The maximum Gasteiger partial charge on any atom is 0.264 e. The minimum atomic E-state index is -4.06. The lowest BCUT2D eigenvalue weighted by Gasteiger charge is -2.24. The molecule has 4 aromatic rings. The average molecular weight is 567 g/mol. The Kier molecular flexibility index (Phi) is 8.34. The van der Waals surface area contributed by atoms with E-state index in [1.807, 2.05) is 36.1 Å². The SMILES string of the molecule is CCN(CCCS(=O)(=O)O)c1ccc(/N=N/c2c(C#N)c(C)nn2-c2nc3ccccc3s2)c(NC(C)=O)c1. The number of benzene rings is 2. The molecule has 14 heteroatoms. The number of carbonyl (C=O) groups is 1. The number of hydrogen-bond acceptors (Lipinski definition) is 10. The van der Waals surface area contributed by atoms with Gasteiger partial charge in [-0.05, 0) is 50.6 Å². The number of azo groups is 1. The van der Waals surface area contributed by atoms with E-state index in [0.29, 0.717) is 35.3 Å². The van der Waals surface area contributed by atoms with Crippen molar-refractivity contribution in [2.75, 3.05) is 29.1 Å². The molecule has 0 spiro atoms. The van der Waals surface area contributed by atoms with Gasteiger partial charge in [0.2, 0.25) is 11.0 Å². The van der Waals surface area contributed by atoms with Crippen LogP contribution in [0.1, 0.15) is 31.5 Å². The average Bonchev–Trinajstić information content (AvgIpc) is 3.45. The third-order valence-corrected chi connectivity index (χ3v) is 7.55. The van der Waals surface area contributed by atoms with Crippen molar-refractivity contribution in [1.29, 1.82) is 5.26 Å². The normalized spacial score (nSPS) is 11.7. The van der Waals surface area contributed by atoms with Crippen LogP contribution in [0.3, 0.4) is 0 Å². The number of carbonyl (C=O) groups excluding carboxylic acids is 1. The third kappa shape index (κ3) is 6.63. The molecule has 0 saturated heterocycles. The van der Waals surface area contributed by atoms with Crippen LogP contribution in [0.4, 0.5) is 22.9 Å². The molecule has 4 rings (SSSR count). The van der Waals surface area contributed by atoms with Gasteiger partial charge in [-0.3, -0.25) is 9.35 Å². The minimum absolute atomic E-state index is 0.215. The van der Waals surface area contributed by atoms with Crippen LogP contribution in [0.2, 0.25) is 0 Å². The van der Waals surface area contributed by atoms with Gasteiger partial charge in [0.05, 0.1) is 27.4 Å². The zero-order valence-electron chi connectivity index (χ0n) is 21.5. The topological polar surface area (TPSA) is 166 Å². The van der Waals surface area contributed by atoms with Gasteiger partial charge >= 0.3 is 0 Å². The first-order valence-corrected chi connectivity index (χ1v) is 14.4. The Morgan fingerprint density at radius 3 is 2.69 bits per heavy atom. The van der Waals surface area contributed by atoms with Crippen LogP contribution < -0.4 is 10.2 Å². The molecule has 0 aliphatic carbocycles. The maximum absolute atomic E-state index is 11.9. The maximum atomic E-state index is 11.9. The van der Waals surface area contributed by atoms with Gasteiger partial charge in [-0.1, -0.05) is 23.5 Å². The Labute approximate surface area is 229 Å². The number of fused-ring (bicyclic) bond motifs is 1. The first kappa shape index (κ1) is 27.8. The number of thiazole rings is 1. The molecular formula is C25H26N8O4S2. The molecule has 0 aliphatic heterocycles. The van der Waals surface area contributed by atoms with Gasteiger partial charge in [0.15, 0.2) is 5.82 Å². The molecule has 0 aliphatic rings. The molecule has 0 saturated carbocycles. The summed E-state index contributed by atoms with van der Waals surface area (Å²) >= 11 is 1.41. The molecule has 12 nitrogen and oxygen atoms in total. The van der Waals surface area contributed by atoms with Gasteiger partial charge in [0.1, 0.15) is 17.3 Å². The van der Waals surface area contributed by atoms with Crippen LogP contribution >= 0.6 is 11.3 Å². The fourth-order valence-electron chi connectivity index (χ4n) is 3.93. The highest BCUT2D eigenvalue weighted by molar-refractivity contribution is 7.85. The van der Waals surface area contributed by atoms with Gasteiger partial charge in [0, 0.05) is 25.7 Å². The van der Waals surface area contributed by atoms with Gasteiger partial charge in [0.25, 0.3) is 10.1 Å². The summed E-state index contributed by atoms with van der Waals surface area (Å²) in [6.45, 7) is 5.94. The second kappa shape index (κ2) is 11.7.